The maximum Gasteiger partial charge on any atom is 0.290 e. The Balaban J connectivity index is 1.09. The summed E-state index contributed by atoms with van der Waals surface area (Å²) in [6.07, 6.45) is 11.5. The molecule has 2 aromatic heterocycles. The van der Waals surface area contributed by atoms with Gasteiger partial charge in [0.25, 0.3) is 11.1 Å². The van der Waals surface area contributed by atoms with Gasteiger partial charge >= 0.3 is 0 Å². The number of benzene rings is 1. The summed E-state index contributed by atoms with van der Waals surface area (Å²) in [5, 5.41) is 9.00. The maximum atomic E-state index is 11.8. The topological polar surface area (TPSA) is 109 Å². The molecule has 1 aliphatic carbocycles. The molecule has 9 heteroatoms. The summed E-state index contributed by atoms with van der Waals surface area (Å²) in [7, 11) is 0. The summed E-state index contributed by atoms with van der Waals surface area (Å²) >= 11 is 0.885. The van der Waals surface area contributed by atoms with Crippen LogP contribution in [0.15, 0.2) is 66.0 Å². The second-order valence-electron chi connectivity index (χ2n) is 9.03. The Labute approximate surface area is 214 Å². The van der Waals surface area contributed by atoms with Crippen LogP contribution in [0.2, 0.25) is 0 Å². The van der Waals surface area contributed by atoms with Crippen molar-refractivity contribution in [3.05, 3.63) is 77.2 Å². The maximum absolute atomic E-state index is 11.8. The molecule has 184 valence electrons. The Morgan fingerprint density at radius 3 is 2.58 bits per heavy atom. The molecule has 0 unspecified atom stereocenters. The minimum atomic E-state index is -0.385. The van der Waals surface area contributed by atoms with Crippen LogP contribution in [0.25, 0.3) is 17.2 Å². The van der Waals surface area contributed by atoms with Crippen molar-refractivity contribution < 1.29 is 9.59 Å². The average molecular weight is 501 g/mol. The summed E-state index contributed by atoms with van der Waals surface area (Å²) in [6, 6.07) is 14.9. The molecule has 1 saturated carbocycles. The van der Waals surface area contributed by atoms with Crippen LogP contribution >= 0.6 is 11.8 Å². The van der Waals surface area contributed by atoms with Gasteiger partial charge in [0.15, 0.2) is 0 Å². The highest BCUT2D eigenvalue weighted by molar-refractivity contribution is 8.18. The molecule has 3 N–H and O–H groups in total. The molecule has 3 aromatic rings. The fraction of sp³-hybridized carbons (Fsp3) is 0.296. The lowest BCUT2D eigenvalue weighted by molar-refractivity contribution is -0.115. The van der Waals surface area contributed by atoms with Gasteiger partial charge in [0.05, 0.1) is 10.6 Å². The lowest BCUT2D eigenvalue weighted by atomic mass is 9.86. The van der Waals surface area contributed by atoms with Gasteiger partial charge in [-0.2, -0.15) is 0 Å². The first-order valence-corrected chi connectivity index (χ1v) is 13.0. The average Bonchev–Trinajstić information content (AvgIpc) is 3.23. The van der Waals surface area contributed by atoms with Crippen molar-refractivity contribution in [2.75, 3.05) is 11.9 Å². The van der Waals surface area contributed by atoms with E-state index in [2.05, 4.69) is 67.3 Å². The van der Waals surface area contributed by atoms with E-state index in [1.54, 1.807) is 18.3 Å². The van der Waals surface area contributed by atoms with Crippen molar-refractivity contribution in [1.29, 1.82) is 0 Å². The molecule has 0 bridgehead atoms. The van der Waals surface area contributed by atoms with Crippen LogP contribution in [0.3, 0.4) is 0 Å². The molecule has 5 rings (SSSR count). The van der Waals surface area contributed by atoms with E-state index in [1.807, 2.05) is 12.4 Å². The lowest BCUT2D eigenvalue weighted by Gasteiger charge is -2.29. The van der Waals surface area contributed by atoms with Crippen LogP contribution in [0.4, 0.5) is 10.7 Å². The Morgan fingerprint density at radius 1 is 1.00 bits per heavy atom. The van der Waals surface area contributed by atoms with Crippen molar-refractivity contribution in [1.82, 2.24) is 25.6 Å². The third kappa shape index (κ3) is 6.16. The number of carbonyl (C=O) groups excluding carboxylic acids is 2. The minimum Gasteiger partial charge on any atom is -0.354 e. The van der Waals surface area contributed by atoms with Crippen molar-refractivity contribution in [3.8, 4) is 11.1 Å². The molecule has 3 heterocycles. The monoisotopic (exact) mass is 500 g/mol. The number of carbonyl (C=O) groups is 2. The summed E-state index contributed by atoms with van der Waals surface area (Å²) < 4.78 is 0. The highest BCUT2D eigenvalue weighted by atomic mass is 32.2. The molecule has 0 radical (unpaired) electrons. The smallest absolute Gasteiger partial charge is 0.290 e. The van der Waals surface area contributed by atoms with Gasteiger partial charge in [-0.1, -0.05) is 24.3 Å². The number of nitrogens with zero attached hydrogens (tertiary/aromatic N) is 3. The zero-order valence-corrected chi connectivity index (χ0v) is 20.6. The van der Waals surface area contributed by atoms with Crippen LogP contribution < -0.4 is 16.0 Å². The summed E-state index contributed by atoms with van der Waals surface area (Å²) in [5.41, 5.74) is 4.34. The molecule has 2 amide bonds. The van der Waals surface area contributed by atoms with Crippen LogP contribution in [0, 0.1) is 5.92 Å². The molecule has 0 spiro atoms. The van der Waals surface area contributed by atoms with Gasteiger partial charge in [-0.05, 0) is 84.3 Å². The van der Waals surface area contributed by atoms with Gasteiger partial charge in [-0.15, -0.1) is 0 Å². The van der Waals surface area contributed by atoms with Crippen LogP contribution in [-0.2, 0) is 11.3 Å². The van der Waals surface area contributed by atoms with Gasteiger partial charge in [0.1, 0.15) is 0 Å². The largest absolute Gasteiger partial charge is 0.354 e. The number of imide groups is 1. The Kier molecular flexibility index (Phi) is 7.68. The van der Waals surface area contributed by atoms with Gasteiger partial charge in [0, 0.05) is 37.7 Å². The molecule has 36 heavy (non-hydrogen) atoms. The van der Waals surface area contributed by atoms with Crippen molar-refractivity contribution in [3.63, 3.8) is 0 Å². The highest BCUT2D eigenvalue weighted by Gasteiger charge is 2.25. The predicted octanol–water partition coefficient (Wildman–Crippen LogP) is 4.62. The van der Waals surface area contributed by atoms with Crippen LogP contribution in [-0.4, -0.2) is 38.7 Å². The SMILES string of the molecule is O=C1NC(=O)/C(=C/c2ccnc(NC[C@H]3CC[C@H](NCc4ccccc4-c4ccncc4)CC3)n2)S1. The number of nitrogens with one attached hydrogen (secondary N) is 3. The zero-order valence-electron chi connectivity index (χ0n) is 19.8. The molecule has 1 aromatic carbocycles. The van der Waals surface area contributed by atoms with Crippen LogP contribution in [0.1, 0.15) is 36.9 Å². The van der Waals surface area contributed by atoms with Gasteiger partial charge in [-0.3, -0.25) is 19.9 Å². The first-order chi connectivity index (χ1) is 17.6. The number of rotatable bonds is 8. The van der Waals surface area contributed by atoms with Gasteiger partial charge in [-0.25, -0.2) is 9.97 Å². The van der Waals surface area contributed by atoms with Crippen molar-refractivity contribution in [2.24, 2.45) is 5.92 Å². The number of anilines is 1. The molecule has 1 saturated heterocycles. The summed E-state index contributed by atoms with van der Waals surface area (Å²) in [4.78, 5) is 36.4. The third-order valence-electron chi connectivity index (χ3n) is 6.58. The molecule has 8 nitrogen and oxygen atoms in total. The Morgan fingerprint density at radius 2 is 1.81 bits per heavy atom. The van der Waals surface area contributed by atoms with E-state index >= 15 is 0 Å². The molecular formula is C27H28N6O2S. The number of aromatic nitrogens is 3. The van der Waals surface area contributed by atoms with Crippen LogP contribution in [0.5, 0.6) is 0 Å². The summed E-state index contributed by atoms with van der Waals surface area (Å²) in [5.74, 6) is 0.711. The van der Waals surface area contributed by atoms with E-state index in [-0.39, 0.29) is 11.1 Å². The molecular weight excluding hydrogens is 472 g/mol. The normalized spacial score (nSPS) is 20.9. The van der Waals surface area contributed by atoms with Gasteiger partial charge < -0.3 is 10.6 Å². The van der Waals surface area contributed by atoms with E-state index < -0.39 is 0 Å². The molecule has 1 aliphatic heterocycles. The number of pyridine rings is 1. The first-order valence-electron chi connectivity index (χ1n) is 12.2. The Hall–Kier alpha value is -3.56. The summed E-state index contributed by atoms with van der Waals surface area (Å²) in [6.45, 7) is 1.66. The molecule has 2 aliphatic rings. The first kappa shape index (κ1) is 24.1. The fourth-order valence-corrected chi connectivity index (χ4v) is 5.31. The standard InChI is InChI=1S/C27H28N6O2S/c34-25-24(36-27(35)33-25)15-22-11-14-29-26(32-22)31-16-18-5-7-21(8-6-18)30-17-20-3-1-2-4-23(20)19-9-12-28-13-10-19/h1-4,9-15,18,21,30H,5-8,16-17H2,(H,29,31,32)(H,33,34,35)/b24-15-/t18-,21-. The third-order valence-corrected chi connectivity index (χ3v) is 7.39. The molecule has 2 fully saturated rings. The number of hydrogen-bond acceptors (Lipinski definition) is 8. The Bertz CT molecular complexity index is 1260. The van der Waals surface area contributed by atoms with E-state index in [4.69, 9.17) is 0 Å². The van der Waals surface area contributed by atoms with E-state index in [9.17, 15) is 9.59 Å². The second-order valence-corrected chi connectivity index (χ2v) is 10.0. The van der Waals surface area contributed by atoms with Crippen molar-refractivity contribution in [2.45, 2.75) is 38.3 Å². The zero-order chi connectivity index (χ0) is 24.7. The van der Waals surface area contributed by atoms with Crippen molar-refractivity contribution >= 4 is 34.9 Å². The van der Waals surface area contributed by atoms with Gasteiger partial charge in [0.2, 0.25) is 5.95 Å². The number of thioether (sulfide) groups is 1. The van der Waals surface area contributed by atoms with E-state index in [0.717, 1.165) is 50.5 Å². The molecule has 0 atom stereocenters. The number of amides is 2. The second kappa shape index (κ2) is 11.5. The highest BCUT2D eigenvalue weighted by Crippen LogP contribution is 2.27. The quantitative estimate of drug-likeness (QED) is 0.385. The predicted molar refractivity (Wildman–Crippen MR) is 142 cm³/mol. The van der Waals surface area contributed by atoms with E-state index in [1.165, 1.54) is 16.7 Å². The lowest BCUT2D eigenvalue weighted by Crippen LogP contribution is -2.34. The fourth-order valence-electron chi connectivity index (χ4n) is 4.64. The number of hydrogen-bond donors (Lipinski definition) is 3. The van der Waals surface area contributed by atoms with E-state index in [0.29, 0.717) is 28.5 Å². The minimum absolute atomic E-state index is 0.346.